The fourth-order valence-electron chi connectivity index (χ4n) is 2.76. The van der Waals surface area contributed by atoms with E-state index < -0.39 is 23.9 Å². The van der Waals surface area contributed by atoms with Crippen LogP contribution in [0.1, 0.15) is 26.3 Å². The Bertz CT molecular complexity index is 926. The molecule has 0 fully saturated rings. The summed E-state index contributed by atoms with van der Waals surface area (Å²) < 4.78 is 15.0. The summed E-state index contributed by atoms with van der Waals surface area (Å²) in [5.74, 6) is -1.13. The molecule has 1 heterocycles. The summed E-state index contributed by atoms with van der Waals surface area (Å²) in [4.78, 5) is 36.4. The van der Waals surface area contributed by atoms with Gasteiger partial charge in [0.2, 0.25) is 0 Å². The molecule has 1 N–H and O–H groups in total. The van der Waals surface area contributed by atoms with Crippen LogP contribution < -0.4 is 10.1 Å². The molecule has 8 heteroatoms. The number of carbonyl (C=O) groups excluding carboxylic acids is 3. The SMILES string of the molecule is COC(=O)c1ccc(C(=O)OC)c(NC(=O)[C@@H]2Cc3cc(Cl)ccc3O2)c1. The third-order valence-electron chi connectivity index (χ3n) is 4.09. The summed E-state index contributed by atoms with van der Waals surface area (Å²) >= 11 is 5.96. The summed E-state index contributed by atoms with van der Waals surface area (Å²) in [6.07, 6.45) is -0.447. The molecule has 0 spiro atoms. The van der Waals surface area contributed by atoms with Gasteiger partial charge in [0.05, 0.1) is 31.0 Å². The number of hydrogen-bond donors (Lipinski definition) is 1. The number of amides is 1. The lowest BCUT2D eigenvalue weighted by Crippen LogP contribution is -2.32. The van der Waals surface area contributed by atoms with Crippen molar-refractivity contribution >= 4 is 35.1 Å². The first-order valence-corrected chi connectivity index (χ1v) is 8.37. The van der Waals surface area contributed by atoms with Gasteiger partial charge in [0, 0.05) is 11.4 Å². The van der Waals surface area contributed by atoms with Crippen molar-refractivity contribution in [2.75, 3.05) is 19.5 Å². The van der Waals surface area contributed by atoms with E-state index in [-0.39, 0.29) is 16.8 Å². The van der Waals surface area contributed by atoms with Gasteiger partial charge in [-0.15, -0.1) is 0 Å². The van der Waals surface area contributed by atoms with Gasteiger partial charge in [-0.25, -0.2) is 9.59 Å². The Labute approximate surface area is 160 Å². The minimum Gasteiger partial charge on any atom is -0.480 e. The second-order valence-corrected chi connectivity index (χ2v) is 6.23. The van der Waals surface area contributed by atoms with Crippen molar-refractivity contribution in [2.24, 2.45) is 0 Å². The number of methoxy groups -OCH3 is 2. The quantitative estimate of drug-likeness (QED) is 0.808. The topological polar surface area (TPSA) is 90.9 Å². The molecule has 0 saturated carbocycles. The van der Waals surface area contributed by atoms with Crippen molar-refractivity contribution in [3.63, 3.8) is 0 Å². The largest absolute Gasteiger partial charge is 0.480 e. The Hall–Kier alpha value is -3.06. The summed E-state index contributed by atoms with van der Waals surface area (Å²) in [5.41, 5.74) is 1.24. The lowest BCUT2D eigenvalue weighted by Gasteiger charge is -2.14. The number of benzene rings is 2. The van der Waals surface area contributed by atoms with Gasteiger partial charge in [0.15, 0.2) is 6.10 Å². The summed E-state index contributed by atoms with van der Waals surface area (Å²) in [6, 6.07) is 9.27. The fraction of sp³-hybridized carbons (Fsp3) is 0.211. The molecule has 1 aliphatic heterocycles. The van der Waals surface area contributed by atoms with Gasteiger partial charge in [-0.3, -0.25) is 4.79 Å². The summed E-state index contributed by atoms with van der Waals surface area (Å²) in [5, 5.41) is 3.18. The second-order valence-electron chi connectivity index (χ2n) is 5.80. The number of rotatable bonds is 4. The predicted octanol–water partition coefficient (Wildman–Crippen LogP) is 2.86. The number of hydrogen-bond acceptors (Lipinski definition) is 6. The third kappa shape index (κ3) is 3.88. The maximum absolute atomic E-state index is 12.6. The van der Waals surface area contributed by atoms with Crippen LogP contribution in [0.2, 0.25) is 5.02 Å². The number of anilines is 1. The zero-order chi connectivity index (χ0) is 19.6. The first-order chi connectivity index (χ1) is 12.9. The van der Waals surface area contributed by atoms with E-state index in [2.05, 4.69) is 10.1 Å². The highest BCUT2D eigenvalue weighted by Gasteiger charge is 2.30. The van der Waals surface area contributed by atoms with Crippen molar-refractivity contribution in [3.8, 4) is 5.75 Å². The van der Waals surface area contributed by atoms with Crippen LogP contribution in [0.4, 0.5) is 5.69 Å². The lowest BCUT2D eigenvalue weighted by atomic mass is 10.1. The molecule has 0 aliphatic carbocycles. The normalized spacial score (nSPS) is 14.7. The van der Waals surface area contributed by atoms with Gasteiger partial charge in [-0.05, 0) is 42.0 Å². The number of nitrogens with one attached hydrogen (secondary N) is 1. The third-order valence-corrected chi connectivity index (χ3v) is 4.33. The molecule has 2 aromatic carbocycles. The standard InChI is InChI=1S/C19H16ClNO6/c1-25-18(23)10-3-5-13(19(24)26-2)14(8-10)21-17(22)16-9-11-7-12(20)4-6-15(11)27-16/h3-8,16H,9H2,1-2H3,(H,21,22)/t16-/m0/s1. The van der Waals surface area contributed by atoms with E-state index in [1.165, 1.54) is 32.4 Å². The number of esters is 2. The Morgan fingerprint density at radius 2 is 1.81 bits per heavy atom. The Morgan fingerprint density at radius 3 is 2.52 bits per heavy atom. The highest BCUT2D eigenvalue weighted by molar-refractivity contribution is 6.30. The number of carbonyl (C=O) groups is 3. The first-order valence-electron chi connectivity index (χ1n) is 7.99. The molecule has 27 heavy (non-hydrogen) atoms. The highest BCUT2D eigenvalue weighted by atomic mass is 35.5. The van der Waals surface area contributed by atoms with Crippen LogP contribution in [0.5, 0.6) is 5.75 Å². The Kier molecular flexibility index (Phi) is 5.32. The minimum atomic E-state index is -0.786. The smallest absolute Gasteiger partial charge is 0.339 e. The summed E-state index contributed by atoms with van der Waals surface area (Å²) in [7, 11) is 2.46. The Balaban J connectivity index is 1.84. The zero-order valence-electron chi connectivity index (χ0n) is 14.6. The van der Waals surface area contributed by atoms with Crippen LogP contribution in [0.25, 0.3) is 0 Å². The van der Waals surface area contributed by atoms with E-state index in [4.69, 9.17) is 21.1 Å². The molecule has 0 unspecified atom stereocenters. The van der Waals surface area contributed by atoms with Crippen molar-refractivity contribution in [3.05, 3.63) is 58.1 Å². The van der Waals surface area contributed by atoms with Crippen LogP contribution in [0.15, 0.2) is 36.4 Å². The average molecular weight is 390 g/mol. The maximum Gasteiger partial charge on any atom is 0.339 e. The number of halogens is 1. The molecule has 0 aromatic heterocycles. The molecule has 2 aromatic rings. The van der Waals surface area contributed by atoms with Crippen molar-refractivity contribution in [1.82, 2.24) is 0 Å². The average Bonchev–Trinajstić information content (AvgIpc) is 3.10. The van der Waals surface area contributed by atoms with Crippen LogP contribution in [0.3, 0.4) is 0 Å². The molecular formula is C19H16ClNO6. The fourth-order valence-corrected chi connectivity index (χ4v) is 2.95. The van der Waals surface area contributed by atoms with E-state index >= 15 is 0 Å². The number of ether oxygens (including phenoxy) is 3. The van der Waals surface area contributed by atoms with E-state index in [0.717, 1.165) is 5.56 Å². The highest BCUT2D eigenvalue weighted by Crippen LogP contribution is 2.32. The van der Waals surface area contributed by atoms with Crippen molar-refractivity contribution in [1.29, 1.82) is 0 Å². The molecule has 140 valence electrons. The molecule has 7 nitrogen and oxygen atoms in total. The monoisotopic (exact) mass is 389 g/mol. The van der Waals surface area contributed by atoms with Crippen molar-refractivity contribution in [2.45, 2.75) is 12.5 Å². The number of fused-ring (bicyclic) bond motifs is 1. The minimum absolute atomic E-state index is 0.108. The molecule has 3 rings (SSSR count). The lowest BCUT2D eigenvalue weighted by molar-refractivity contribution is -0.122. The van der Waals surface area contributed by atoms with E-state index in [1.54, 1.807) is 18.2 Å². The van der Waals surface area contributed by atoms with Crippen LogP contribution >= 0.6 is 11.6 Å². The van der Waals surface area contributed by atoms with Gasteiger partial charge in [0.25, 0.3) is 5.91 Å². The van der Waals surface area contributed by atoms with E-state index in [1.807, 2.05) is 0 Å². The molecule has 1 aliphatic rings. The molecule has 0 bridgehead atoms. The second kappa shape index (κ2) is 7.67. The van der Waals surface area contributed by atoms with Gasteiger partial charge >= 0.3 is 11.9 Å². The van der Waals surface area contributed by atoms with Gasteiger partial charge in [-0.2, -0.15) is 0 Å². The van der Waals surface area contributed by atoms with Gasteiger partial charge < -0.3 is 19.5 Å². The van der Waals surface area contributed by atoms with Crippen LogP contribution in [0, 0.1) is 0 Å². The predicted molar refractivity (Wildman–Crippen MR) is 97.3 cm³/mol. The zero-order valence-corrected chi connectivity index (χ0v) is 15.3. The van der Waals surface area contributed by atoms with Gasteiger partial charge in [-0.1, -0.05) is 11.6 Å². The van der Waals surface area contributed by atoms with Crippen LogP contribution in [-0.2, 0) is 20.7 Å². The molecule has 0 saturated heterocycles. The summed E-state index contributed by atoms with van der Waals surface area (Å²) in [6.45, 7) is 0. The van der Waals surface area contributed by atoms with Crippen LogP contribution in [-0.4, -0.2) is 38.2 Å². The molecule has 1 atom stereocenters. The van der Waals surface area contributed by atoms with E-state index in [9.17, 15) is 14.4 Å². The van der Waals surface area contributed by atoms with E-state index in [0.29, 0.717) is 17.2 Å². The van der Waals surface area contributed by atoms with Gasteiger partial charge in [0.1, 0.15) is 5.75 Å². The molecule has 0 radical (unpaired) electrons. The molecular weight excluding hydrogens is 374 g/mol. The first kappa shape index (κ1) is 18.7. The van der Waals surface area contributed by atoms with Crippen molar-refractivity contribution < 1.29 is 28.6 Å². The Morgan fingerprint density at radius 1 is 1.07 bits per heavy atom. The maximum atomic E-state index is 12.6. The molecule has 1 amide bonds.